The number of unbranched alkanes of at least 4 members (excludes halogenated alkanes) is 2. The highest BCUT2D eigenvalue weighted by Crippen LogP contribution is 2.22. The van der Waals surface area contributed by atoms with Crippen molar-refractivity contribution in [3.8, 4) is 0 Å². The third kappa shape index (κ3) is 6.28. The molecule has 0 radical (unpaired) electrons. The van der Waals surface area contributed by atoms with Crippen LogP contribution in [0.1, 0.15) is 46.0 Å². The molecule has 0 bridgehead atoms. The summed E-state index contributed by atoms with van der Waals surface area (Å²) < 4.78 is 26.1. The van der Waals surface area contributed by atoms with E-state index in [2.05, 4.69) is 19.2 Å². The Morgan fingerprint density at radius 1 is 1.21 bits per heavy atom. The smallest absolute Gasteiger partial charge is 0.149 e. The second-order valence-corrected chi connectivity index (χ2v) is 5.93. The van der Waals surface area contributed by atoms with Crippen molar-refractivity contribution < 1.29 is 8.78 Å². The molecule has 0 aliphatic heterocycles. The van der Waals surface area contributed by atoms with Crippen LogP contribution in [0.3, 0.4) is 0 Å². The topological polar surface area (TPSA) is 12.0 Å². The molecule has 0 fully saturated rings. The van der Waals surface area contributed by atoms with Gasteiger partial charge in [-0.2, -0.15) is 0 Å². The predicted octanol–water partition coefficient (Wildman–Crippen LogP) is 5.43. The van der Waals surface area contributed by atoms with Crippen LogP contribution in [0.2, 0.25) is 0 Å². The number of benzene rings is 1. The molecule has 19 heavy (non-hydrogen) atoms. The first-order chi connectivity index (χ1) is 9.17. The lowest BCUT2D eigenvalue weighted by atomic mass is 10.1. The fourth-order valence-electron chi connectivity index (χ4n) is 1.90. The molecule has 4 heteroatoms. The number of hydrogen-bond acceptors (Lipinski definition) is 2. The van der Waals surface area contributed by atoms with Gasteiger partial charge in [0.1, 0.15) is 11.6 Å². The lowest BCUT2D eigenvalue weighted by molar-refractivity contribution is 0.585. The maximum atomic E-state index is 13.4. The standard InChI is InChI=1S/C15H23F2NS/c1-3-5-6-7-13(4-2)19-11-18-15-9-8-12(16)10-14(15)17/h8-10,13,18H,3-7,11H2,1-2H3/t13-/m1/s1. The van der Waals surface area contributed by atoms with Crippen molar-refractivity contribution in [2.45, 2.75) is 51.2 Å². The van der Waals surface area contributed by atoms with Gasteiger partial charge in [-0.05, 0) is 25.0 Å². The van der Waals surface area contributed by atoms with Gasteiger partial charge in [0.25, 0.3) is 0 Å². The van der Waals surface area contributed by atoms with Gasteiger partial charge in [0.2, 0.25) is 0 Å². The molecule has 0 heterocycles. The summed E-state index contributed by atoms with van der Waals surface area (Å²) in [7, 11) is 0. The Bertz CT molecular complexity index is 371. The third-order valence-electron chi connectivity index (χ3n) is 3.10. The zero-order chi connectivity index (χ0) is 14.1. The van der Waals surface area contributed by atoms with Gasteiger partial charge in [-0.3, -0.25) is 0 Å². The second kappa shape index (κ2) is 9.18. The molecule has 1 rings (SSSR count). The van der Waals surface area contributed by atoms with Crippen molar-refractivity contribution in [2.75, 3.05) is 11.2 Å². The molecule has 0 unspecified atom stereocenters. The van der Waals surface area contributed by atoms with Gasteiger partial charge in [0.05, 0.1) is 11.6 Å². The summed E-state index contributed by atoms with van der Waals surface area (Å²) in [6.07, 6.45) is 6.11. The molecular weight excluding hydrogens is 264 g/mol. The van der Waals surface area contributed by atoms with Gasteiger partial charge in [-0.15, -0.1) is 11.8 Å². The molecule has 1 nitrogen and oxygen atoms in total. The van der Waals surface area contributed by atoms with Gasteiger partial charge < -0.3 is 5.32 Å². The van der Waals surface area contributed by atoms with Crippen LogP contribution < -0.4 is 5.32 Å². The normalized spacial score (nSPS) is 12.4. The van der Waals surface area contributed by atoms with Crippen LogP contribution in [-0.4, -0.2) is 11.1 Å². The molecule has 1 N–H and O–H groups in total. The van der Waals surface area contributed by atoms with Crippen LogP contribution in [0, 0.1) is 11.6 Å². The number of hydrogen-bond donors (Lipinski definition) is 1. The maximum absolute atomic E-state index is 13.4. The first kappa shape index (κ1) is 16.3. The third-order valence-corrected chi connectivity index (χ3v) is 4.45. The Kier molecular flexibility index (Phi) is 7.87. The molecule has 0 saturated heterocycles. The van der Waals surface area contributed by atoms with Gasteiger partial charge in [0, 0.05) is 11.3 Å². The Hall–Kier alpha value is -0.770. The molecule has 1 aromatic carbocycles. The van der Waals surface area contributed by atoms with E-state index in [-0.39, 0.29) is 0 Å². The highest BCUT2D eigenvalue weighted by Gasteiger charge is 2.07. The first-order valence-corrected chi connectivity index (χ1v) is 8.02. The molecule has 0 spiro atoms. The molecule has 1 atom stereocenters. The lowest BCUT2D eigenvalue weighted by Gasteiger charge is -2.15. The van der Waals surface area contributed by atoms with Crippen LogP contribution in [0.15, 0.2) is 18.2 Å². The fourth-order valence-corrected chi connectivity index (χ4v) is 2.94. The van der Waals surface area contributed by atoms with Crippen molar-refractivity contribution in [1.82, 2.24) is 0 Å². The highest BCUT2D eigenvalue weighted by molar-refractivity contribution is 7.99. The zero-order valence-corrected chi connectivity index (χ0v) is 12.5. The Morgan fingerprint density at radius 2 is 2.00 bits per heavy atom. The van der Waals surface area contributed by atoms with Crippen molar-refractivity contribution >= 4 is 17.4 Å². The number of thioether (sulfide) groups is 1. The summed E-state index contributed by atoms with van der Waals surface area (Å²) >= 11 is 1.81. The molecule has 1 aromatic rings. The van der Waals surface area contributed by atoms with E-state index in [0.29, 0.717) is 16.8 Å². The molecule has 0 amide bonds. The minimum absolute atomic E-state index is 0.373. The molecule has 0 aliphatic carbocycles. The minimum Gasteiger partial charge on any atom is -0.374 e. The average molecular weight is 287 g/mol. The average Bonchev–Trinajstić information content (AvgIpc) is 2.39. The summed E-state index contributed by atoms with van der Waals surface area (Å²) in [6.45, 7) is 4.38. The van der Waals surface area contributed by atoms with Crippen LogP contribution in [0.5, 0.6) is 0 Å². The van der Waals surface area contributed by atoms with Crippen molar-refractivity contribution in [1.29, 1.82) is 0 Å². The summed E-state index contributed by atoms with van der Waals surface area (Å²) in [4.78, 5) is 0. The highest BCUT2D eigenvalue weighted by atomic mass is 32.2. The van der Waals surface area contributed by atoms with Crippen molar-refractivity contribution in [2.24, 2.45) is 0 Å². The molecule has 0 saturated carbocycles. The van der Waals surface area contributed by atoms with Crippen LogP contribution in [-0.2, 0) is 0 Å². The van der Waals surface area contributed by atoms with E-state index in [1.54, 1.807) is 0 Å². The Morgan fingerprint density at radius 3 is 2.63 bits per heavy atom. The zero-order valence-electron chi connectivity index (χ0n) is 11.7. The molecule has 0 aliphatic rings. The van der Waals surface area contributed by atoms with Gasteiger partial charge in [-0.25, -0.2) is 8.78 Å². The van der Waals surface area contributed by atoms with E-state index in [0.717, 1.165) is 12.5 Å². The first-order valence-electron chi connectivity index (χ1n) is 6.97. The quantitative estimate of drug-likeness (QED) is 0.480. The van der Waals surface area contributed by atoms with E-state index >= 15 is 0 Å². The van der Waals surface area contributed by atoms with Gasteiger partial charge in [0.15, 0.2) is 0 Å². The van der Waals surface area contributed by atoms with E-state index in [1.165, 1.54) is 37.8 Å². The Balaban J connectivity index is 2.31. The number of rotatable bonds is 9. The number of anilines is 1. The maximum Gasteiger partial charge on any atom is 0.149 e. The van der Waals surface area contributed by atoms with E-state index in [4.69, 9.17) is 0 Å². The SMILES string of the molecule is CCCCC[C@@H](CC)SCNc1ccc(F)cc1F. The predicted molar refractivity (Wildman–Crippen MR) is 80.7 cm³/mol. The number of nitrogens with one attached hydrogen (secondary N) is 1. The van der Waals surface area contributed by atoms with Gasteiger partial charge >= 0.3 is 0 Å². The summed E-state index contributed by atoms with van der Waals surface area (Å²) in [5, 5.41) is 3.63. The summed E-state index contributed by atoms with van der Waals surface area (Å²) in [5.74, 6) is -0.408. The van der Waals surface area contributed by atoms with Crippen LogP contribution in [0.25, 0.3) is 0 Å². The Labute approximate surface area is 119 Å². The van der Waals surface area contributed by atoms with Crippen LogP contribution >= 0.6 is 11.8 Å². The number of halogens is 2. The minimum atomic E-state index is -0.540. The van der Waals surface area contributed by atoms with Crippen molar-refractivity contribution in [3.05, 3.63) is 29.8 Å². The molecule has 0 aromatic heterocycles. The van der Waals surface area contributed by atoms with E-state index < -0.39 is 11.6 Å². The lowest BCUT2D eigenvalue weighted by Crippen LogP contribution is -2.07. The fraction of sp³-hybridized carbons (Fsp3) is 0.600. The van der Waals surface area contributed by atoms with E-state index in [1.807, 2.05) is 11.8 Å². The largest absolute Gasteiger partial charge is 0.374 e. The molecular formula is C15H23F2NS. The monoisotopic (exact) mass is 287 g/mol. The summed E-state index contributed by atoms with van der Waals surface area (Å²) in [5.41, 5.74) is 0.373. The van der Waals surface area contributed by atoms with Crippen LogP contribution in [0.4, 0.5) is 14.5 Å². The summed E-state index contributed by atoms with van der Waals surface area (Å²) in [6, 6.07) is 3.63. The second-order valence-electron chi connectivity index (χ2n) is 4.64. The molecule has 108 valence electrons. The van der Waals surface area contributed by atoms with Crippen molar-refractivity contribution in [3.63, 3.8) is 0 Å². The van der Waals surface area contributed by atoms with E-state index in [9.17, 15) is 8.78 Å². The van der Waals surface area contributed by atoms with Gasteiger partial charge in [-0.1, -0.05) is 33.1 Å².